The largest absolute Gasteiger partial charge is 0.329 e. The second-order valence-corrected chi connectivity index (χ2v) is 4.12. The summed E-state index contributed by atoms with van der Waals surface area (Å²) < 4.78 is 1.97. The first kappa shape index (κ1) is 13.2. The molecular weight excluding hydrogens is 200 g/mol. The minimum absolute atomic E-state index is 0.728. The maximum absolute atomic E-state index is 5.62. The van der Waals surface area contributed by atoms with E-state index in [1.807, 2.05) is 10.9 Å². The van der Waals surface area contributed by atoms with Crippen molar-refractivity contribution in [1.29, 1.82) is 0 Å². The lowest BCUT2D eigenvalue weighted by molar-refractivity contribution is 0.268. The number of nitrogens with two attached hydrogens (primary N) is 1. The summed E-state index contributed by atoms with van der Waals surface area (Å²) in [5.74, 6) is 0. The molecule has 1 rings (SSSR count). The minimum Gasteiger partial charge on any atom is -0.329 e. The molecule has 0 unspecified atom stereocenters. The maximum Gasteiger partial charge on any atom is 0.0534 e. The SMILES string of the molecule is CCCCN(CCN)Cc1cnn(CC)c1. The quantitative estimate of drug-likeness (QED) is 0.727. The Morgan fingerprint density at radius 3 is 2.75 bits per heavy atom. The van der Waals surface area contributed by atoms with Crippen LogP contribution in [-0.2, 0) is 13.1 Å². The Morgan fingerprint density at radius 2 is 2.19 bits per heavy atom. The summed E-state index contributed by atoms with van der Waals surface area (Å²) in [5, 5.41) is 4.29. The van der Waals surface area contributed by atoms with Gasteiger partial charge in [0.25, 0.3) is 0 Å². The Hall–Kier alpha value is -0.870. The maximum atomic E-state index is 5.62. The second kappa shape index (κ2) is 7.41. The van der Waals surface area contributed by atoms with Gasteiger partial charge >= 0.3 is 0 Å². The fraction of sp³-hybridized carbons (Fsp3) is 0.750. The van der Waals surface area contributed by atoms with Crippen LogP contribution in [-0.4, -0.2) is 34.3 Å². The third kappa shape index (κ3) is 4.33. The van der Waals surface area contributed by atoms with Crippen LogP contribution in [0.3, 0.4) is 0 Å². The van der Waals surface area contributed by atoms with Crippen LogP contribution >= 0.6 is 0 Å². The number of aromatic nitrogens is 2. The van der Waals surface area contributed by atoms with Gasteiger partial charge in [-0.15, -0.1) is 0 Å². The van der Waals surface area contributed by atoms with Gasteiger partial charge in [-0.1, -0.05) is 13.3 Å². The zero-order valence-electron chi connectivity index (χ0n) is 10.5. The van der Waals surface area contributed by atoms with Gasteiger partial charge in [0, 0.05) is 37.9 Å². The Labute approximate surface area is 98.4 Å². The summed E-state index contributed by atoms with van der Waals surface area (Å²) in [6.07, 6.45) is 6.55. The van der Waals surface area contributed by atoms with Crippen LogP contribution in [0.5, 0.6) is 0 Å². The summed E-state index contributed by atoms with van der Waals surface area (Å²) in [6.45, 7) is 9.05. The molecule has 0 aliphatic heterocycles. The summed E-state index contributed by atoms with van der Waals surface area (Å²) in [5.41, 5.74) is 6.91. The van der Waals surface area contributed by atoms with Crippen molar-refractivity contribution in [1.82, 2.24) is 14.7 Å². The molecular formula is C12H24N4. The van der Waals surface area contributed by atoms with Crippen LogP contribution in [0.25, 0.3) is 0 Å². The van der Waals surface area contributed by atoms with E-state index in [1.165, 1.54) is 18.4 Å². The lowest BCUT2D eigenvalue weighted by Gasteiger charge is -2.20. The van der Waals surface area contributed by atoms with Gasteiger partial charge in [-0.25, -0.2) is 0 Å². The van der Waals surface area contributed by atoms with Gasteiger partial charge in [0.2, 0.25) is 0 Å². The molecule has 0 amide bonds. The van der Waals surface area contributed by atoms with E-state index >= 15 is 0 Å². The van der Waals surface area contributed by atoms with Crippen LogP contribution in [0, 0.1) is 0 Å². The van der Waals surface area contributed by atoms with Crippen molar-refractivity contribution in [3.63, 3.8) is 0 Å². The number of hydrogen-bond acceptors (Lipinski definition) is 3. The summed E-state index contributed by atoms with van der Waals surface area (Å²) in [7, 11) is 0. The molecule has 92 valence electrons. The third-order valence-electron chi connectivity index (χ3n) is 2.69. The van der Waals surface area contributed by atoms with Crippen molar-refractivity contribution >= 4 is 0 Å². The first-order chi connectivity index (χ1) is 7.80. The summed E-state index contributed by atoms with van der Waals surface area (Å²) in [6, 6.07) is 0. The van der Waals surface area contributed by atoms with Crippen molar-refractivity contribution in [2.75, 3.05) is 19.6 Å². The predicted octanol–water partition coefficient (Wildman–Crippen LogP) is 1.46. The van der Waals surface area contributed by atoms with Crippen LogP contribution in [0.15, 0.2) is 12.4 Å². The van der Waals surface area contributed by atoms with E-state index in [9.17, 15) is 0 Å². The van der Waals surface area contributed by atoms with Crippen molar-refractivity contribution in [2.24, 2.45) is 5.73 Å². The van der Waals surface area contributed by atoms with Gasteiger partial charge < -0.3 is 5.73 Å². The Balaban J connectivity index is 2.46. The highest BCUT2D eigenvalue weighted by atomic mass is 15.3. The van der Waals surface area contributed by atoms with Crippen molar-refractivity contribution in [2.45, 2.75) is 39.8 Å². The van der Waals surface area contributed by atoms with Gasteiger partial charge in [0.15, 0.2) is 0 Å². The van der Waals surface area contributed by atoms with E-state index in [1.54, 1.807) is 0 Å². The van der Waals surface area contributed by atoms with Crippen molar-refractivity contribution < 1.29 is 0 Å². The third-order valence-corrected chi connectivity index (χ3v) is 2.69. The Bertz CT molecular complexity index is 282. The van der Waals surface area contributed by atoms with Crippen LogP contribution < -0.4 is 5.73 Å². The fourth-order valence-electron chi connectivity index (χ4n) is 1.75. The average Bonchev–Trinajstić information content (AvgIpc) is 2.74. The molecule has 0 saturated carbocycles. The number of unbranched alkanes of at least 4 members (excludes halogenated alkanes) is 1. The molecule has 0 aromatic carbocycles. The predicted molar refractivity (Wildman–Crippen MR) is 67.1 cm³/mol. The first-order valence-electron chi connectivity index (χ1n) is 6.23. The molecule has 0 aliphatic rings. The van der Waals surface area contributed by atoms with Crippen molar-refractivity contribution in [3.05, 3.63) is 18.0 Å². The molecule has 2 N–H and O–H groups in total. The molecule has 4 nitrogen and oxygen atoms in total. The molecule has 16 heavy (non-hydrogen) atoms. The van der Waals surface area contributed by atoms with E-state index in [0.29, 0.717) is 0 Å². The molecule has 1 aromatic heterocycles. The molecule has 1 heterocycles. The highest BCUT2D eigenvalue weighted by Gasteiger charge is 2.06. The minimum atomic E-state index is 0.728. The zero-order valence-corrected chi connectivity index (χ0v) is 10.5. The highest BCUT2D eigenvalue weighted by Crippen LogP contribution is 2.05. The van der Waals surface area contributed by atoms with E-state index in [4.69, 9.17) is 5.73 Å². The lowest BCUT2D eigenvalue weighted by atomic mass is 10.2. The van der Waals surface area contributed by atoms with E-state index in [-0.39, 0.29) is 0 Å². The number of aryl methyl sites for hydroxylation is 1. The molecule has 0 bridgehead atoms. The van der Waals surface area contributed by atoms with Crippen molar-refractivity contribution in [3.8, 4) is 0 Å². The van der Waals surface area contributed by atoms with Gasteiger partial charge in [0.1, 0.15) is 0 Å². The monoisotopic (exact) mass is 224 g/mol. The van der Waals surface area contributed by atoms with Gasteiger partial charge in [-0.3, -0.25) is 9.58 Å². The van der Waals surface area contributed by atoms with E-state index in [0.717, 1.165) is 32.7 Å². The summed E-state index contributed by atoms with van der Waals surface area (Å²) >= 11 is 0. The topological polar surface area (TPSA) is 47.1 Å². The normalized spacial score (nSPS) is 11.2. The molecule has 0 aliphatic carbocycles. The molecule has 0 spiro atoms. The van der Waals surface area contributed by atoms with E-state index < -0.39 is 0 Å². The molecule has 0 atom stereocenters. The van der Waals surface area contributed by atoms with E-state index in [2.05, 4.69) is 30.0 Å². The molecule has 0 fully saturated rings. The highest BCUT2D eigenvalue weighted by molar-refractivity contribution is 5.03. The molecule has 4 heteroatoms. The smallest absolute Gasteiger partial charge is 0.0534 e. The Morgan fingerprint density at radius 1 is 1.38 bits per heavy atom. The van der Waals surface area contributed by atoms with Gasteiger partial charge in [-0.2, -0.15) is 5.10 Å². The van der Waals surface area contributed by atoms with Crippen LogP contribution in [0.2, 0.25) is 0 Å². The molecule has 0 saturated heterocycles. The lowest BCUT2D eigenvalue weighted by Crippen LogP contribution is -2.29. The van der Waals surface area contributed by atoms with Gasteiger partial charge in [-0.05, 0) is 19.9 Å². The standard InChI is InChI=1S/C12H24N4/c1-3-5-7-15(8-6-13)10-12-9-14-16(4-2)11-12/h9,11H,3-8,10,13H2,1-2H3. The number of rotatable bonds is 8. The Kier molecular flexibility index (Phi) is 6.11. The fourth-order valence-corrected chi connectivity index (χ4v) is 1.75. The van der Waals surface area contributed by atoms with Gasteiger partial charge in [0.05, 0.1) is 6.20 Å². The molecule has 1 aromatic rings. The summed E-state index contributed by atoms with van der Waals surface area (Å²) in [4.78, 5) is 2.40. The van der Waals surface area contributed by atoms with Crippen LogP contribution in [0.1, 0.15) is 32.3 Å². The second-order valence-electron chi connectivity index (χ2n) is 4.12. The zero-order chi connectivity index (χ0) is 11.8. The van der Waals surface area contributed by atoms with Crippen LogP contribution in [0.4, 0.5) is 0 Å². The number of hydrogen-bond donors (Lipinski definition) is 1. The number of nitrogens with zero attached hydrogens (tertiary/aromatic N) is 3. The first-order valence-corrected chi connectivity index (χ1v) is 6.23. The average molecular weight is 224 g/mol. The molecule has 0 radical (unpaired) electrons.